The first-order chi connectivity index (χ1) is 7.36. The van der Waals surface area contributed by atoms with Crippen LogP contribution in [-0.2, 0) is 0 Å². The SMILES string of the molecule is O=C(c1cccnc1)n1c2ccc1cc2. The summed E-state index contributed by atoms with van der Waals surface area (Å²) in [5.74, 6) is -0.0249. The second-order valence-electron chi connectivity index (χ2n) is 3.40. The van der Waals surface area contributed by atoms with Crippen LogP contribution in [0, 0.1) is 0 Å². The van der Waals surface area contributed by atoms with E-state index in [4.69, 9.17) is 0 Å². The molecule has 0 fully saturated rings. The fourth-order valence-corrected chi connectivity index (χ4v) is 1.75. The highest BCUT2D eigenvalue weighted by molar-refractivity contribution is 6.02. The molecule has 0 unspecified atom stereocenters. The Bertz CT molecular complexity index is 550. The summed E-state index contributed by atoms with van der Waals surface area (Å²) in [6.07, 6.45) is 3.24. The topological polar surface area (TPSA) is 34.9 Å². The van der Waals surface area contributed by atoms with Crippen molar-refractivity contribution in [3.8, 4) is 0 Å². The maximum atomic E-state index is 12.1. The van der Waals surface area contributed by atoms with Gasteiger partial charge in [-0.1, -0.05) is 0 Å². The van der Waals surface area contributed by atoms with Crippen LogP contribution >= 0.6 is 0 Å². The number of hydrogen-bond donors (Lipinski definition) is 0. The van der Waals surface area contributed by atoms with Gasteiger partial charge in [-0.15, -0.1) is 0 Å². The summed E-state index contributed by atoms with van der Waals surface area (Å²) < 4.78 is 1.69. The second kappa shape index (κ2) is 2.92. The van der Waals surface area contributed by atoms with Crippen LogP contribution in [0.5, 0.6) is 0 Å². The second-order valence-corrected chi connectivity index (χ2v) is 3.40. The molecule has 0 saturated heterocycles. The van der Waals surface area contributed by atoms with Gasteiger partial charge in [-0.05, 0) is 36.4 Å². The van der Waals surface area contributed by atoms with Crippen molar-refractivity contribution < 1.29 is 4.79 Å². The summed E-state index contributed by atoms with van der Waals surface area (Å²) in [5.41, 5.74) is 2.47. The normalized spacial score (nSPS) is 10.9. The zero-order valence-corrected chi connectivity index (χ0v) is 7.92. The monoisotopic (exact) mass is 196 g/mol. The van der Waals surface area contributed by atoms with Gasteiger partial charge in [0.1, 0.15) is 0 Å². The molecule has 72 valence electrons. The van der Waals surface area contributed by atoms with Gasteiger partial charge in [0.15, 0.2) is 0 Å². The highest BCUT2D eigenvalue weighted by atomic mass is 16.2. The van der Waals surface area contributed by atoms with Gasteiger partial charge >= 0.3 is 0 Å². The zero-order valence-electron chi connectivity index (χ0n) is 7.92. The molecule has 15 heavy (non-hydrogen) atoms. The third kappa shape index (κ3) is 1.13. The number of fused-ring (bicyclic) bond motifs is 2. The molecule has 0 aliphatic heterocycles. The Balaban J connectivity index is 2.14. The van der Waals surface area contributed by atoms with Crippen LogP contribution in [0.3, 0.4) is 0 Å². The molecule has 0 aliphatic rings. The smallest absolute Gasteiger partial charge is 0.264 e. The predicted octanol–water partition coefficient (Wildman–Crippen LogP) is 2.16. The number of nitrogens with zero attached hydrogens (tertiary/aromatic N) is 2. The zero-order chi connectivity index (χ0) is 10.3. The summed E-state index contributed by atoms with van der Waals surface area (Å²) >= 11 is 0. The Morgan fingerprint density at radius 3 is 2.27 bits per heavy atom. The van der Waals surface area contributed by atoms with E-state index in [1.54, 1.807) is 29.1 Å². The van der Waals surface area contributed by atoms with E-state index in [9.17, 15) is 4.79 Å². The first-order valence-electron chi connectivity index (χ1n) is 4.71. The van der Waals surface area contributed by atoms with Gasteiger partial charge in [0.25, 0.3) is 5.91 Å². The van der Waals surface area contributed by atoms with Crippen molar-refractivity contribution in [2.24, 2.45) is 0 Å². The van der Waals surface area contributed by atoms with Crippen LogP contribution in [0.2, 0.25) is 0 Å². The van der Waals surface area contributed by atoms with E-state index in [1.807, 2.05) is 24.3 Å². The molecule has 0 spiro atoms. The Kier molecular flexibility index (Phi) is 1.59. The Hall–Kier alpha value is -2.16. The molecule has 0 N–H and O–H groups in total. The summed E-state index contributed by atoms with van der Waals surface area (Å²) in [7, 11) is 0. The maximum absolute atomic E-state index is 12.1. The molecule has 0 saturated carbocycles. The molecule has 3 rings (SSSR count). The minimum Gasteiger partial charge on any atom is -0.277 e. The lowest BCUT2D eigenvalue weighted by Crippen LogP contribution is -2.10. The number of rotatable bonds is 1. The highest BCUT2D eigenvalue weighted by Gasteiger charge is 2.13. The number of carbonyl (C=O) groups is 1. The Morgan fingerprint density at radius 1 is 1.07 bits per heavy atom. The number of benzene rings is 1. The van der Waals surface area contributed by atoms with Gasteiger partial charge in [-0.25, -0.2) is 0 Å². The standard InChI is InChI=1S/C12H8N2O/c15-12(9-2-1-7-13-8-9)14-10-3-4-11(14)6-5-10/h1-8H. The van der Waals surface area contributed by atoms with Gasteiger partial charge < -0.3 is 0 Å². The van der Waals surface area contributed by atoms with E-state index in [2.05, 4.69) is 4.98 Å². The average molecular weight is 196 g/mol. The fourth-order valence-electron chi connectivity index (χ4n) is 1.75. The molecular weight excluding hydrogens is 188 g/mol. The third-order valence-corrected chi connectivity index (χ3v) is 2.48. The minimum absolute atomic E-state index is 0.0249. The van der Waals surface area contributed by atoms with E-state index in [-0.39, 0.29) is 5.91 Å². The van der Waals surface area contributed by atoms with Gasteiger partial charge in [-0.3, -0.25) is 14.3 Å². The van der Waals surface area contributed by atoms with Crippen molar-refractivity contribution in [3.05, 3.63) is 54.4 Å². The molecule has 0 aliphatic carbocycles. The molecule has 3 aromatic rings. The molecule has 0 radical (unpaired) electrons. The van der Waals surface area contributed by atoms with E-state index >= 15 is 0 Å². The van der Waals surface area contributed by atoms with Crippen LogP contribution < -0.4 is 0 Å². The molecular formula is C12H8N2O. The van der Waals surface area contributed by atoms with Crippen molar-refractivity contribution in [3.63, 3.8) is 0 Å². The van der Waals surface area contributed by atoms with Crippen LogP contribution in [0.1, 0.15) is 10.4 Å². The van der Waals surface area contributed by atoms with Crippen LogP contribution in [0.4, 0.5) is 0 Å². The quantitative estimate of drug-likeness (QED) is 0.597. The first kappa shape index (κ1) is 8.17. The molecule has 2 bridgehead atoms. The molecule has 0 atom stereocenters. The first-order valence-corrected chi connectivity index (χ1v) is 4.71. The van der Waals surface area contributed by atoms with Gasteiger partial charge in [0, 0.05) is 23.4 Å². The Morgan fingerprint density at radius 2 is 1.73 bits per heavy atom. The van der Waals surface area contributed by atoms with E-state index in [1.165, 1.54) is 0 Å². The van der Waals surface area contributed by atoms with Crippen molar-refractivity contribution in [1.82, 2.24) is 9.55 Å². The fraction of sp³-hybridized carbons (Fsp3) is 0. The van der Waals surface area contributed by atoms with Crippen LogP contribution in [0.25, 0.3) is 11.0 Å². The average Bonchev–Trinajstić information content (AvgIpc) is 2.89. The lowest BCUT2D eigenvalue weighted by atomic mass is 10.3. The number of pyridine rings is 1. The molecule has 3 heterocycles. The van der Waals surface area contributed by atoms with E-state index < -0.39 is 0 Å². The molecule has 0 amide bonds. The summed E-state index contributed by atoms with van der Waals surface area (Å²) in [6, 6.07) is 11.3. The van der Waals surface area contributed by atoms with Crippen molar-refractivity contribution in [1.29, 1.82) is 0 Å². The van der Waals surface area contributed by atoms with Crippen molar-refractivity contribution >= 4 is 16.9 Å². The largest absolute Gasteiger partial charge is 0.277 e. The van der Waals surface area contributed by atoms with E-state index in [0.29, 0.717) is 5.56 Å². The molecule has 3 heteroatoms. The van der Waals surface area contributed by atoms with Gasteiger partial charge in [-0.2, -0.15) is 0 Å². The lowest BCUT2D eigenvalue weighted by molar-refractivity contribution is 0.0969. The summed E-state index contributed by atoms with van der Waals surface area (Å²) in [4.78, 5) is 16.0. The number of aromatic nitrogens is 2. The Labute approximate surface area is 86.3 Å². The molecule has 0 aromatic carbocycles. The maximum Gasteiger partial charge on any atom is 0.264 e. The van der Waals surface area contributed by atoms with Crippen LogP contribution in [0.15, 0.2) is 48.8 Å². The predicted molar refractivity (Wildman–Crippen MR) is 57.1 cm³/mol. The molecule has 3 nitrogen and oxygen atoms in total. The van der Waals surface area contributed by atoms with Crippen molar-refractivity contribution in [2.75, 3.05) is 0 Å². The van der Waals surface area contributed by atoms with Crippen molar-refractivity contribution in [2.45, 2.75) is 0 Å². The molecule has 3 aromatic heterocycles. The summed E-state index contributed by atoms with van der Waals surface area (Å²) in [6.45, 7) is 0. The van der Waals surface area contributed by atoms with E-state index in [0.717, 1.165) is 11.0 Å². The third-order valence-electron chi connectivity index (χ3n) is 2.48. The summed E-state index contributed by atoms with van der Waals surface area (Å²) in [5, 5.41) is 0. The minimum atomic E-state index is -0.0249. The van der Waals surface area contributed by atoms with Gasteiger partial charge in [0.2, 0.25) is 0 Å². The number of carbonyl (C=O) groups excluding carboxylic acids is 1. The number of hydrogen-bond acceptors (Lipinski definition) is 2. The lowest BCUT2D eigenvalue weighted by Gasteiger charge is -2.01. The van der Waals surface area contributed by atoms with Crippen LogP contribution in [-0.4, -0.2) is 15.5 Å². The highest BCUT2D eigenvalue weighted by Crippen LogP contribution is 2.18. The van der Waals surface area contributed by atoms with Gasteiger partial charge in [0.05, 0.1) is 5.56 Å².